The van der Waals surface area contributed by atoms with Gasteiger partial charge in [-0.3, -0.25) is 0 Å². The zero-order chi connectivity index (χ0) is 12.7. The van der Waals surface area contributed by atoms with Crippen LogP contribution >= 0.6 is 11.8 Å². The monoisotopic (exact) mass is 253 g/mol. The van der Waals surface area contributed by atoms with Crippen molar-refractivity contribution in [1.82, 2.24) is 5.32 Å². The average Bonchev–Trinajstić information content (AvgIpc) is 2.27. The highest BCUT2D eigenvalue weighted by Crippen LogP contribution is 2.26. The maximum atomic E-state index is 5.78. The summed E-state index contributed by atoms with van der Waals surface area (Å²) in [5.41, 5.74) is 0.192. The van der Waals surface area contributed by atoms with Gasteiger partial charge in [-0.1, -0.05) is 12.1 Å². The molecule has 2 nitrogen and oxygen atoms in total. The third-order valence-electron chi connectivity index (χ3n) is 2.30. The Balaban J connectivity index is 2.27. The number of hydrogen-bond acceptors (Lipinski definition) is 3. The zero-order valence-electron chi connectivity index (χ0n) is 11.2. The van der Waals surface area contributed by atoms with Crippen molar-refractivity contribution in [3.8, 4) is 5.75 Å². The molecule has 0 bridgehead atoms. The molecule has 0 saturated carbocycles. The van der Waals surface area contributed by atoms with Crippen LogP contribution in [0.4, 0.5) is 0 Å². The van der Waals surface area contributed by atoms with E-state index in [1.165, 1.54) is 4.90 Å². The van der Waals surface area contributed by atoms with Gasteiger partial charge >= 0.3 is 0 Å². The molecule has 0 heterocycles. The SMILES string of the molecule is CSc1ccccc1OCCCNC(C)(C)C. The molecule has 0 atom stereocenters. The lowest BCUT2D eigenvalue weighted by Gasteiger charge is -2.20. The van der Waals surface area contributed by atoms with E-state index in [0.29, 0.717) is 0 Å². The fourth-order valence-electron chi connectivity index (χ4n) is 1.46. The highest BCUT2D eigenvalue weighted by Gasteiger charge is 2.07. The highest BCUT2D eigenvalue weighted by molar-refractivity contribution is 7.98. The second-order valence-electron chi connectivity index (χ2n) is 5.03. The molecular formula is C14H23NOS. The number of rotatable bonds is 6. The van der Waals surface area contributed by atoms with Crippen molar-refractivity contribution in [3.63, 3.8) is 0 Å². The molecule has 1 aromatic rings. The van der Waals surface area contributed by atoms with Crippen molar-refractivity contribution in [2.75, 3.05) is 19.4 Å². The van der Waals surface area contributed by atoms with Gasteiger partial charge in [0.05, 0.1) is 6.61 Å². The average molecular weight is 253 g/mol. The Labute approximate surface area is 109 Å². The molecule has 0 radical (unpaired) electrons. The second kappa shape index (κ2) is 6.92. The van der Waals surface area contributed by atoms with E-state index in [2.05, 4.69) is 38.4 Å². The Morgan fingerprint density at radius 2 is 1.94 bits per heavy atom. The quantitative estimate of drug-likeness (QED) is 0.618. The van der Waals surface area contributed by atoms with Crippen LogP contribution in [-0.4, -0.2) is 24.9 Å². The Bertz CT molecular complexity index is 333. The summed E-state index contributed by atoms with van der Waals surface area (Å²) in [6.45, 7) is 8.29. The summed E-state index contributed by atoms with van der Waals surface area (Å²) in [4.78, 5) is 1.20. The summed E-state index contributed by atoms with van der Waals surface area (Å²) < 4.78 is 5.78. The predicted molar refractivity (Wildman–Crippen MR) is 76.1 cm³/mol. The van der Waals surface area contributed by atoms with E-state index in [0.717, 1.165) is 25.3 Å². The molecule has 0 saturated heterocycles. The van der Waals surface area contributed by atoms with Gasteiger partial charge < -0.3 is 10.1 Å². The largest absolute Gasteiger partial charge is 0.492 e. The van der Waals surface area contributed by atoms with E-state index in [9.17, 15) is 0 Å². The lowest BCUT2D eigenvalue weighted by molar-refractivity contribution is 0.292. The normalized spacial score (nSPS) is 11.5. The number of benzene rings is 1. The van der Waals surface area contributed by atoms with Crippen LogP contribution in [-0.2, 0) is 0 Å². The van der Waals surface area contributed by atoms with Crippen molar-refractivity contribution < 1.29 is 4.74 Å². The van der Waals surface area contributed by atoms with Crippen LogP contribution in [0.3, 0.4) is 0 Å². The first-order chi connectivity index (χ1) is 8.03. The number of para-hydroxylation sites is 1. The molecular weight excluding hydrogens is 230 g/mol. The Morgan fingerprint density at radius 1 is 1.24 bits per heavy atom. The molecule has 0 fully saturated rings. The summed E-state index contributed by atoms with van der Waals surface area (Å²) in [5.74, 6) is 0.996. The molecule has 1 N–H and O–H groups in total. The van der Waals surface area contributed by atoms with Gasteiger partial charge in [0.25, 0.3) is 0 Å². The fraction of sp³-hybridized carbons (Fsp3) is 0.571. The van der Waals surface area contributed by atoms with Crippen molar-refractivity contribution in [2.24, 2.45) is 0 Å². The van der Waals surface area contributed by atoms with Crippen molar-refractivity contribution >= 4 is 11.8 Å². The fourth-order valence-corrected chi connectivity index (χ4v) is 2.00. The molecule has 0 amide bonds. The van der Waals surface area contributed by atoms with Crippen LogP contribution in [0.5, 0.6) is 5.75 Å². The molecule has 1 aromatic carbocycles. The third-order valence-corrected chi connectivity index (χ3v) is 3.08. The van der Waals surface area contributed by atoms with Crippen molar-refractivity contribution in [2.45, 2.75) is 37.6 Å². The van der Waals surface area contributed by atoms with Crippen LogP contribution in [0.1, 0.15) is 27.2 Å². The van der Waals surface area contributed by atoms with Crippen LogP contribution in [0, 0.1) is 0 Å². The van der Waals surface area contributed by atoms with E-state index in [1.807, 2.05) is 18.2 Å². The predicted octanol–water partition coefficient (Wildman–Crippen LogP) is 3.57. The first kappa shape index (κ1) is 14.4. The Morgan fingerprint density at radius 3 is 2.59 bits per heavy atom. The van der Waals surface area contributed by atoms with Gasteiger partial charge in [-0.15, -0.1) is 11.8 Å². The van der Waals surface area contributed by atoms with Crippen LogP contribution in [0.2, 0.25) is 0 Å². The Hall–Kier alpha value is -0.670. The van der Waals surface area contributed by atoms with Crippen LogP contribution in [0.15, 0.2) is 29.2 Å². The second-order valence-corrected chi connectivity index (χ2v) is 5.88. The van der Waals surface area contributed by atoms with Crippen LogP contribution < -0.4 is 10.1 Å². The molecule has 17 heavy (non-hydrogen) atoms. The molecule has 0 aliphatic rings. The van der Waals surface area contributed by atoms with Gasteiger partial charge in [0.15, 0.2) is 0 Å². The van der Waals surface area contributed by atoms with E-state index in [-0.39, 0.29) is 5.54 Å². The lowest BCUT2D eigenvalue weighted by Crippen LogP contribution is -2.36. The summed E-state index contributed by atoms with van der Waals surface area (Å²) in [6, 6.07) is 8.18. The summed E-state index contributed by atoms with van der Waals surface area (Å²) in [5, 5.41) is 3.45. The molecule has 0 aliphatic carbocycles. The lowest BCUT2D eigenvalue weighted by atomic mass is 10.1. The minimum absolute atomic E-state index is 0.192. The molecule has 1 rings (SSSR count). The smallest absolute Gasteiger partial charge is 0.132 e. The summed E-state index contributed by atoms with van der Waals surface area (Å²) in [7, 11) is 0. The standard InChI is InChI=1S/C14H23NOS/c1-14(2,3)15-10-7-11-16-12-8-5-6-9-13(12)17-4/h5-6,8-9,15H,7,10-11H2,1-4H3. The van der Waals surface area contributed by atoms with Gasteiger partial charge in [0, 0.05) is 10.4 Å². The number of hydrogen-bond donors (Lipinski definition) is 1. The first-order valence-electron chi connectivity index (χ1n) is 6.04. The number of ether oxygens (including phenoxy) is 1. The minimum atomic E-state index is 0.192. The summed E-state index contributed by atoms with van der Waals surface area (Å²) >= 11 is 1.72. The summed E-state index contributed by atoms with van der Waals surface area (Å²) in [6.07, 6.45) is 3.10. The van der Waals surface area contributed by atoms with Crippen molar-refractivity contribution in [1.29, 1.82) is 0 Å². The third kappa shape index (κ3) is 5.99. The van der Waals surface area contributed by atoms with Crippen molar-refractivity contribution in [3.05, 3.63) is 24.3 Å². The molecule has 0 aliphatic heterocycles. The molecule has 96 valence electrons. The van der Waals surface area contributed by atoms with Crippen LogP contribution in [0.25, 0.3) is 0 Å². The molecule has 0 aromatic heterocycles. The number of nitrogens with one attached hydrogen (secondary N) is 1. The molecule has 0 spiro atoms. The van der Waals surface area contributed by atoms with Gasteiger partial charge in [-0.25, -0.2) is 0 Å². The van der Waals surface area contributed by atoms with E-state index >= 15 is 0 Å². The molecule has 3 heteroatoms. The molecule has 0 unspecified atom stereocenters. The first-order valence-corrected chi connectivity index (χ1v) is 7.26. The van der Waals surface area contributed by atoms with E-state index in [4.69, 9.17) is 4.74 Å². The Kier molecular flexibility index (Phi) is 5.86. The highest BCUT2D eigenvalue weighted by atomic mass is 32.2. The maximum Gasteiger partial charge on any atom is 0.132 e. The number of thioether (sulfide) groups is 1. The van der Waals surface area contributed by atoms with Gasteiger partial charge in [-0.05, 0) is 52.1 Å². The maximum absolute atomic E-state index is 5.78. The minimum Gasteiger partial charge on any atom is -0.492 e. The van der Waals surface area contributed by atoms with E-state index < -0.39 is 0 Å². The van der Waals surface area contributed by atoms with Gasteiger partial charge in [0.2, 0.25) is 0 Å². The zero-order valence-corrected chi connectivity index (χ0v) is 12.1. The van der Waals surface area contributed by atoms with E-state index in [1.54, 1.807) is 11.8 Å². The topological polar surface area (TPSA) is 21.3 Å². The van der Waals surface area contributed by atoms with Gasteiger partial charge in [-0.2, -0.15) is 0 Å². The van der Waals surface area contributed by atoms with Gasteiger partial charge in [0.1, 0.15) is 5.75 Å².